The zero-order chi connectivity index (χ0) is 13.9. The van der Waals surface area contributed by atoms with Crippen LogP contribution in [0.15, 0.2) is 18.2 Å². The zero-order valence-electron chi connectivity index (χ0n) is 11.7. The lowest BCUT2D eigenvalue weighted by Gasteiger charge is -2.38. The number of rotatable bonds is 4. The largest absolute Gasteiger partial charge is 0.486 e. The molecule has 1 saturated heterocycles. The first-order valence-electron chi connectivity index (χ1n) is 7.21. The molecule has 2 aliphatic rings. The van der Waals surface area contributed by atoms with Crippen LogP contribution in [0, 0.1) is 0 Å². The molecule has 5 nitrogen and oxygen atoms in total. The second-order valence-corrected chi connectivity index (χ2v) is 5.17. The van der Waals surface area contributed by atoms with Crippen LogP contribution in [-0.4, -0.2) is 49.7 Å². The van der Waals surface area contributed by atoms with Crippen molar-refractivity contribution in [2.45, 2.75) is 19.4 Å². The Morgan fingerprint density at radius 3 is 2.70 bits per heavy atom. The molecule has 0 spiro atoms. The van der Waals surface area contributed by atoms with Gasteiger partial charge in [-0.2, -0.15) is 0 Å². The summed E-state index contributed by atoms with van der Waals surface area (Å²) in [5.74, 6) is 1.47. The highest BCUT2D eigenvalue weighted by molar-refractivity contribution is 5.95. The molecule has 2 heterocycles. The summed E-state index contributed by atoms with van der Waals surface area (Å²) in [6, 6.07) is 5.76. The number of hydrogen-bond acceptors (Lipinski definition) is 4. The van der Waals surface area contributed by atoms with Crippen LogP contribution in [0.3, 0.4) is 0 Å². The van der Waals surface area contributed by atoms with Crippen LogP contribution >= 0.6 is 0 Å². The molecule has 0 aliphatic carbocycles. The highest BCUT2D eigenvalue weighted by atomic mass is 16.6. The van der Waals surface area contributed by atoms with Gasteiger partial charge in [-0.1, -0.05) is 6.92 Å². The molecule has 2 aliphatic heterocycles. The molecule has 108 valence electrons. The molecular weight excluding hydrogens is 256 g/mol. The summed E-state index contributed by atoms with van der Waals surface area (Å²) in [4.78, 5) is 14.6. The molecule has 0 bridgehead atoms. The average Bonchev–Trinajstić information content (AvgIpc) is 2.43. The fourth-order valence-electron chi connectivity index (χ4n) is 2.53. The fraction of sp³-hybridized carbons (Fsp3) is 0.533. The molecule has 1 aromatic rings. The number of fused-ring (bicyclic) bond motifs is 1. The lowest BCUT2D eigenvalue weighted by Crippen LogP contribution is -2.59. The maximum atomic E-state index is 12.7. The van der Waals surface area contributed by atoms with Gasteiger partial charge in [-0.15, -0.1) is 0 Å². The molecule has 1 aromatic carbocycles. The first-order chi connectivity index (χ1) is 9.79. The predicted octanol–water partition coefficient (Wildman–Crippen LogP) is 1.28. The number of carbonyl (C=O) groups excluding carboxylic acids is 1. The number of ether oxygens (including phenoxy) is 2. The molecule has 3 rings (SSSR count). The molecule has 0 unspecified atom stereocenters. The van der Waals surface area contributed by atoms with Crippen molar-refractivity contribution in [1.29, 1.82) is 0 Å². The Labute approximate surface area is 118 Å². The Morgan fingerprint density at radius 2 is 2.05 bits per heavy atom. The Balaban J connectivity index is 1.81. The van der Waals surface area contributed by atoms with Crippen molar-refractivity contribution in [2.24, 2.45) is 0 Å². The average molecular weight is 276 g/mol. The number of hydrogen-bond donors (Lipinski definition) is 1. The third kappa shape index (κ3) is 2.45. The monoisotopic (exact) mass is 276 g/mol. The van der Waals surface area contributed by atoms with Crippen LogP contribution < -0.4 is 14.8 Å². The molecule has 0 aromatic heterocycles. The first-order valence-corrected chi connectivity index (χ1v) is 7.21. The summed E-state index contributed by atoms with van der Waals surface area (Å²) in [5, 5.41) is 3.22. The van der Waals surface area contributed by atoms with Gasteiger partial charge in [-0.05, 0) is 24.6 Å². The van der Waals surface area contributed by atoms with E-state index >= 15 is 0 Å². The van der Waals surface area contributed by atoms with E-state index in [1.54, 1.807) is 6.07 Å². The molecule has 5 heteroatoms. The minimum absolute atomic E-state index is 0.0790. The third-order valence-electron chi connectivity index (χ3n) is 3.72. The van der Waals surface area contributed by atoms with Crippen LogP contribution in [0.2, 0.25) is 0 Å². The van der Waals surface area contributed by atoms with Crippen LogP contribution in [0.25, 0.3) is 0 Å². The maximum Gasteiger partial charge on any atom is 0.254 e. The number of benzene rings is 1. The summed E-state index contributed by atoms with van der Waals surface area (Å²) in [7, 11) is 0. The van der Waals surface area contributed by atoms with Gasteiger partial charge in [0.15, 0.2) is 11.5 Å². The van der Waals surface area contributed by atoms with Gasteiger partial charge in [0.05, 0.1) is 6.04 Å². The molecule has 0 atom stereocenters. The SMILES string of the molecule is CCCN(C(=O)c1ccc2c(c1)OCCO2)C1CNC1. The first kappa shape index (κ1) is 13.2. The molecule has 1 fully saturated rings. The number of nitrogens with one attached hydrogen (secondary N) is 1. The van der Waals surface area contributed by atoms with Crippen molar-refractivity contribution in [2.75, 3.05) is 32.8 Å². The van der Waals surface area contributed by atoms with Crippen molar-refractivity contribution in [3.63, 3.8) is 0 Å². The highest BCUT2D eigenvalue weighted by Gasteiger charge is 2.29. The van der Waals surface area contributed by atoms with E-state index < -0.39 is 0 Å². The fourth-order valence-corrected chi connectivity index (χ4v) is 2.53. The standard InChI is InChI=1S/C15H20N2O3/c1-2-5-17(12-9-16-10-12)15(18)11-3-4-13-14(8-11)20-7-6-19-13/h3-4,8,12,16H,2,5-7,9-10H2,1H3. The van der Waals surface area contributed by atoms with Gasteiger partial charge in [0, 0.05) is 25.2 Å². The highest BCUT2D eigenvalue weighted by Crippen LogP contribution is 2.31. The molecule has 1 N–H and O–H groups in total. The second-order valence-electron chi connectivity index (χ2n) is 5.17. The van der Waals surface area contributed by atoms with E-state index in [4.69, 9.17) is 9.47 Å². The van der Waals surface area contributed by atoms with Gasteiger partial charge >= 0.3 is 0 Å². The Hall–Kier alpha value is -1.75. The summed E-state index contributed by atoms with van der Waals surface area (Å²) in [6.07, 6.45) is 0.965. The summed E-state index contributed by atoms with van der Waals surface area (Å²) < 4.78 is 11.0. The normalized spacial score (nSPS) is 17.4. The van der Waals surface area contributed by atoms with Gasteiger partial charge in [-0.25, -0.2) is 0 Å². The molecule has 0 radical (unpaired) electrons. The van der Waals surface area contributed by atoms with Crippen molar-refractivity contribution < 1.29 is 14.3 Å². The predicted molar refractivity (Wildman–Crippen MR) is 75.4 cm³/mol. The van der Waals surface area contributed by atoms with Crippen molar-refractivity contribution in [3.8, 4) is 11.5 Å². The molecule has 20 heavy (non-hydrogen) atoms. The number of carbonyl (C=O) groups is 1. The topological polar surface area (TPSA) is 50.8 Å². The quantitative estimate of drug-likeness (QED) is 0.900. The zero-order valence-corrected chi connectivity index (χ0v) is 11.7. The molecule has 1 amide bonds. The van der Waals surface area contributed by atoms with E-state index in [2.05, 4.69) is 12.2 Å². The Kier molecular flexibility index (Phi) is 3.78. The van der Waals surface area contributed by atoms with Crippen LogP contribution in [-0.2, 0) is 0 Å². The minimum atomic E-state index is 0.0790. The molecular formula is C15H20N2O3. The smallest absolute Gasteiger partial charge is 0.254 e. The lowest BCUT2D eigenvalue weighted by atomic mass is 10.1. The summed E-state index contributed by atoms with van der Waals surface area (Å²) in [5.41, 5.74) is 0.676. The van der Waals surface area contributed by atoms with Crippen LogP contribution in [0.4, 0.5) is 0 Å². The number of amides is 1. The van der Waals surface area contributed by atoms with E-state index in [0.717, 1.165) is 31.8 Å². The van der Waals surface area contributed by atoms with Gasteiger partial charge < -0.3 is 19.7 Å². The Morgan fingerprint density at radius 1 is 1.30 bits per heavy atom. The summed E-state index contributed by atoms with van der Waals surface area (Å²) in [6.45, 7) is 5.76. The van der Waals surface area contributed by atoms with E-state index in [1.807, 2.05) is 17.0 Å². The van der Waals surface area contributed by atoms with Crippen molar-refractivity contribution in [3.05, 3.63) is 23.8 Å². The van der Waals surface area contributed by atoms with Crippen LogP contribution in [0.1, 0.15) is 23.7 Å². The number of nitrogens with zero attached hydrogens (tertiary/aromatic N) is 1. The maximum absolute atomic E-state index is 12.7. The lowest BCUT2D eigenvalue weighted by molar-refractivity contribution is 0.0614. The van der Waals surface area contributed by atoms with E-state index in [1.165, 1.54) is 0 Å². The van der Waals surface area contributed by atoms with Crippen molar-refractivity contribution >= 4 is 5.91 Å². The third-order valence-corrected chi connectivity index (χ3v) is 3.72. The van der Waals surface area contributed by atoms with E-state index in [-0.39, 0.29) is 5.91 Å². The van der Waals surface area contributed by atoms with Crippen molar-refractivity contribution in [1.82, 2.24) is 10.2 Å². The Bertz CT molecular complexity index is 500. The van der Waals surface area contributed by atoms with Crippen LogP contribution in [0.5, 0.6) is 11.5 Å². The van der Waals surface area contributed by atoms with Gasteiger partial charge in [0.1, 0.15) is 13.2 Å². The van der Waals surface area contributed by atoms with Gasteiger partial charge in [0.25, 0.3) is 5.91 Å². The van der Waals surface area contributed by atoms with Gasteiger partial charge in [0.2, 0.25) is 0 Å². The van der Waals surface area contributed by atoms with Gasteiger partial charge in [-0.3, -0.25) is 4.79 Å². The molecule has 0 saturated carbocycles. The van der Waals surface area contributed by atoms with E-state index in [0.29, 0.717) is 30.6 Å². The minimum Gasteiger partial charge on any atom is -0.486 e. The second kappa shape index (κ2) is 5.71. The summed E-state index contributed by atoms with van der Waals surface area (Å²) >= 11 is 0. The van der Waals surface area contributed by atoms with E-state index in [9.17, 15) is 4.79 Å².